The van der Waals surface area contributed by atoms with Gasteiger partial charge in [0.15, 0.2) is 5.82 Å². The normalized spacial score (nSPS) is 11.0. The molecule has 0 aliphatic rings. The number of nitrogens with zero attached hydrogens (tertiary/aromatic N) is 5. The first-order valence-corrected chi connectivity index (χ1v) is 7.60. The third-order valence-corrected chi connectivity index (χ3v) is 3.70. The molecule has 24 heavy (non-hydrogen) atoms. The van der Waals surface area contributed by atoms with Crippen molar-refractivity contribution in [2.45, 2.75) is 19.9 Å². The van der Waals surface area contributed by atoms with Gasteiger partial charge in [-0.2, -0.15) is 0 Å². The van der Waals surface area contributed by atoms with E-state index in [4.69, 9.17) is 11.6 Å². The smallest absolute Gasteiger partial charge is 0.414 e. The van der Waals surface area contributed by atoms with Crippen molar-refractivity contribution in [2.24, 2.45) is 0 Å². The highest BCUT2D eigenvalue weighted by Gasteiger charge is 2.24. The minimum atomic E-state index is -1.10. The van der Waals surface area contributed by atoms with Crippen LogP contribution in [0.5, 0.6) is 0 Å². The van der Waals surface area contributed by atoms with Crippen LogP contribution in [-0.4, -0.2) is 36.8 Å². The van der Waals surface area contributed by atoms with Crippen LogP contribution in [0.1, 0.15) is 13.8 Å². The van der Waals surface area contributed by atoms with E-state index in [0.29, 0.717) is 22.2 Å². The van der Waals surface area contributed by atoms with Crippen LogP contribution in [-0.2, 0) is 0 Å². The van der Waals surface area contributed by atoms with Gasteiger partial charge in [-0.3, -0.25) is 4.40 Å². The summed E-state index contributed by atoms with van der Waals surface area (Å²) < 4.78 is 1.57. The maximum absolute atomic E-state index is 11.5. The zero-order valence-corrected chi connectivity index (χ0v) is 13.8. The van der Waals surface area contributed by atoms with Gasteiger partial charge in [-0.05, 0) is 26.0 Å². The molecule has 3 rings (SSSR count). The van der Waals surface area contributed by atoms with Gasteiger partial charge in [0.1, 0.15) is 0 Å². The number of amides is 1. The molecule has 0 unspecified atom stereocenters. The van der Waals surface area contributed by atoms with Gasteiger partial charge in [-0.25, -0.2) is 14.7 Å². The second-order valence-corrected chi connectivity index (χ2v) is 5.73. The third kappa shape index (κ3) is 2.83. The highest BCUT2D eigenvalue weighted by Crippen LogP contribution is 2.27. The summed E-state index contributed by atoms with van der Waals surface area (Å²) in [4.78, 5) is 16.9. The molecule has 124 valence electrons. The average Bonchev–Trinajstić information content (AvgIpc) is 2.94. The van der Waals surface area contributed by atoms with Crippen LogP contribution >= 0.6 is 11.6 Å². The Morgan fingerprint density at radius 1 is 1.33 bits per heavy atom. The average molecular weight is 347 g/mol. The third-order valence-electron chi connectivity index (χ3n) is 3.37. The number of hydrogen-bond acceptors (Lipinski definition) is 5. The molecule has 1 amide bonds. The number of rotatable bonds is 4. The lowest BCUT2D eigenvalue weighted by Crippen LogP contribution is -2.37. The van der Waals surface area contributed by atoms with Gasteiger partial charge in [-0.1, -0.05) is 23.7 Å². The molecule has 8 nitrogen and oxygen atoms in total. The van der Waals surface area contributed by atoms with E-state index in [-0.39, 0.29) is 12.0 Å². The quantitative estimate of drug-likeness (QED) is 0.751. The predicted molar refractivity (Wildman–Crippen MR) is 91.2 cm³/mol. The maximum Gasteiger partial charge on any atom is 0.414 e. The van der Waals surface area contributed by atoms with Crippen molar-refractivity contribution in [3.8, 4) is 0 Å². The van der Waals surface area contributed by atoms with Crippen molar-refractivity contribution in [3.05, 3.63) is 41.7 Å². The van der Waals surface area contributed by atoms with E-state index in [9.17, 15) is 9.90 Å². The molecule has 0 saturated heterocycles. The van der Waals surface area contributed by atoms with Crippen LogP contribution in [0.25, 0.3) is 5.65 Å². The first-order chi connectivity index (χ1) is 11.5. The molecule has 0 radical (unpaired) electrons. The number of aromatic nitrogens is 4. The molecule has 0 saturated carbocycles. The largest absolute Gasteiger partial charge is 0.465 e. The van der Waals surface area contributed by atoms with E-state index in [1.165, 1.54) is 0 Å². The van der Waals surface area contributed by atoms with Crippen LogP contribution < -0.4 is 10.2 Å². The Balaban J connectivity index is 2.07. The first-order valence-electron chi connectivity index (χ1n) is 7.22. The van der Waals surface area contributed by atoms with Gasteiger partial charge >= 0.3 is 6.09 Å². The lowest BCUT2D eigenvalue weighted by Gasteiger charge is -2.20. The molecule has 2 heterocycles. The molecular formula is C15H15ClN6O2. The molecule has 0 spiro atoms. The number of anilines is 3. The van der Waals surface area contributed by atoms with Crippen molar-refractivity contribution in [3.63, 3.8) is 0 Å². The van der Waals surface area contributed by atoms with Gasteiger partial charge in [0.05, 0.1) is 10.7 Å². The van der Waals surface area contributed by atoms with E-state index in [2.05, 4.69) is 20.5 Å². The number of para-hydroxylation sites is 1. The molecule has 1 aromatic carbocycles. The second kappa shape index (κ2) is 6.32. The Kier molecular flexibility index (Phi) is 4.22. The Morgan fingerprint density at radius 2 is 2.08 bits per heavy atom. The lowest BCUT2D eigenvalue weighted by atomic mass is 10.3. The van der Waals surface area contributed by atoms with E-state index in [1.807, 2.05) is 18.2 Å². The summed E-state index contributed by atoms with van der Waals surface area (Å²) in [6.07, 6.45) is 2.05. The predicted octanol–water partition coefficient (Wildman–Crippen LogP) is 3.41. The Bertz CT molecular complexity index is 895. The number of nitrogens with one attached hydrogen (secondary N) is 1. The molecule has 9 heteroatoms. The standard InChI is InChI=1S/C15H15ClN6O2/c1-9(2)22(15(23)24)14-20-19-13-12(17-7-8-21(13)14)18-11-6-4-3-5-10(11)16/h3-9H,1-2H3,(H,17,18)(H,23,24). The first kappa shape index (κ1) is 16.0. The summed E-state index contributed by atoms with van der Waals surface area (Å²) in [5.41, 5.74) is 1.07. The molecule has 0 aliphatic heterocycles. The minimum absolute atomic E-state index is 0.206. The minimum Gasteiger partial charge on any atom is -0.465 e. The fourth-order valence-corrected chi connectivity index (χ4v) is 2.48. The zero-order chi connectivity index (χ0) is 17.3. The van der Waals surface area contributed by atoms with E-state index in [1.54, 1.807) is 36.7 Å². The topological polar surface area (TPSA) is 95.7 Å². The van der Waals surface area contributed by atoms with Gasteiger partial charge < -0.3 is 10.4 Å². The lowest BCUT2D eigenvalue weighted by molar-refractivity contribution is 0.199. The van der Waals surface area contributed by atoms with Crippen molar-refractivity contribution < 1.29 is 9.90 Å². The zero-order valence-electron chi connectivity index (χ0n) is 13.0. The number of carbonyl (C=O) groups is 1. The molecule has 3 aromatic rings. The van der Waals surface area contributed by atoms with Crippen molar-refractivity contribution in [1.29, 1.82) is 0 Å². The van der Waals surface area contributed by atoms with E-state index < -0.39 is 6.09 Å². The fraction of sp³-hybridized carbons (Fsp3) is 0.200. The van der Waals surface area contributed by atoms with Crippen LogP contribution in [0.15, 0.2) is 36.7 Å². The van der Waals surface area contributed by atoms with Crippen molar-refractivity contribution in [1.82, 2.24) is 19.6 Å². The van der Waals surface area contributed by atoms with Gasteiger partial charge in [0, 0.05) is 18.4 Å². The summed E-state index contributed by atoms with van der Waals surface area (Å²) in [5.74, 6) is 0.635. The van der Waals surface area contributed by atoms with Crippen molar-refractivity contribution >= 4 is 40.8 Å². The second-order valence-electron chi connectivity index (χ2n) is 5.32. The number of carboxylic acid groups (broad SMARTS) is 1. The van der Waals surface area contributed by atoms with Gasteiger partial charge in [0.25, 0.3) is 0 Å². The maximum atomic E-state index is 11.5. The molecule has 2 N–H and O–H groups in total. The summed E-state index contributed by atoms with van der Waals surface area (Å²) in [5, 5.41) is 21.1. The van der Waals surface area contributed by atoms with E-state index >= 15 is 0 Å². The Morgan fingerprint density at radius 3 is 2.75 bits per heavy atom. The summed E-state index contributed by atoms with van der Waals surface area (Å²) in [6.45, 7) is 3.53. The fourth-order valence-electron chi connectivity index (χ4n) is 2.29. The summed E-state index contributed by atoms with van der Waals surface area (Å²) in [6, 6.07) is 6.94. The van der Waals surface area contributed by atoms with Crippen molar-refractivity contribution in [2.75, 3.05) is 10.2 Å². The SMILES string of the molecule is CC(C)N(C(=O)O)c1nnc2c(Nc3ccccc3Cl)nccn12. The Labute approximate surface area is 142 Å². The Hall–Kier alpha value is -2.87. The molecule has 0 aliphatic carbocycles. The van der Waals surface area contributed by atoms with Gasteiger partial charge in [-0.15, -0.1) is 10.2 Å². The van der Waals surface area contributed by atoms with Gasteiger partial charge in [0.2, 0.25) is 11.6 Å². The monoisotopic (exact) mass is 346 g/mol. The molecule has 0 fully saturated rings. The highest BCUT2D eigenvalue weighted by atomic mass is 35.5. The van der Waals surface area contributed by atoms with Crippen LogP contribution in [0, 0.1) is 0 Å². The van der Waals surface area contributed by atoms with Crippen LogP contribution in [0.4, 0.5) is 22.2 Å². The number of benzene rings is 1. The van der Waals surface area contributed by atoms with E-state index in [0.717, 1.165) is 4.90 Å². The summed E-state index contributed by atoms with van der Waals surface area (Å²) >= 11 is 6.15. The number of hydrogen-bond donors (Lipinski definition) is 2. The summed E-state index contributed by atoms with van der Waals surface area (Å²) in [7, 11) is 0. The van der Waals surface area contributed by atoms with Crippen LogP contribution in [0.2, 0.25) is 5.02 Å². The number of fused-ring (bicyclic) bond motifs is 1. The molecule has 2 aromatic heterocycles. The highest BCUT2D eigenvalue weighted by molar-refractivity contribution is 6.33. The number of halogens is 1. The molecular weight excluding hydrogens is 332 g/mol. The molecule has 0 atom stereocenters. The molecule has 0 bridgehead atoms. The van der Waals surface area contributed by atoms with Crippen LogP contribution in [0.3, 0.4) is 0 Å².